The summed E-state index contributed by atoms with van der Waals surface area (Å²) in [5.41, 5.74) is 1.63. The van der Waals surface area contributed by atoms with Crippen molar-refractivity contribution in [3.8, 4) is 11.4 Å². The first kappa shape index (κ1) is 12.5. The number of carbonyl (C=O) groups is 1. The van der Waals surface area contributed by atoms with E-state index in [-0.39, 0.29) is 24.0 Å². The molecule has 0 saturated carbocycles. The van der Waals surface area contributed by atoms with E-state index in [1.54, 1.807) is 0 Å². The highest BCUT2D eigenvalue weighted by Gasteiger charge is 2.44. The van der Waals surface area contributed by atoms with Crippen LogP contribution in [-0.2, 0) is 9.53 Å². The summed E-state index contributed by atoms with van der Waals surface area (Å²) in [4.78, 5) is 12.3. The fourth-order valence-electron chi connectivity index (χ4n) is 3.14. The molecule has 3 atom stereocenters. The van der Waals surface area contributed by atoms with Crippen molar-refractivity contribution in [2.45, 2.75) is 31.5 Å². The standard InChI is InChI=1S/C14H15N5O2/c20-14(11-7-10-5-6-12(11)21-10)15-9-3-1-8(2-4-9)13-16-18-19-17-13/h1-4,10-12H,5-7H2,(H,15,20)(H,16,17,18,19)/t10-,11+,12-/m1/s1. The quantitative estimate of drug-likeness (QED) is 0.888. The Balaban J connectivity index is 1.44. The zero-order chi connectivity index (χ0) is 14.2. The number of rotatable bonds is 3. The molecule has 1 amide bonds. The molecule has 1 aromatic carbocycles. The van der Waals surface area contributed by atoms with Crippen LogP contribution >= 0.6 is 0 Å². The number of nitrogens with zero attached hydrogens (tertiary/aromatic N) is 3. The molecule has 2 aromatic rings. The van der Waals surface area contributed by atoms with Gasteiger partial charge in [-0.15, -0.1) is 10.2 Å². The Morgan fingerprint density at radius 1 is 1.29 bits per heavy atom. The van der Waals surface area contributed by atoms with E-state index in [4.69, 9.17) is 4.74 Å². The molecule has 0 unspecified atom stereocenters. The number of fused-ring (bicyclic) bond motifs is 2. The van der Waals surface area contributed by atoms with E-state index in [0.29, 0.717) is 5.82 Å². The highest BCUT2D eigenvalue weighted by Crippen LogP contribution is 2.39. The van der Waals surface area contributed by atoms with Gasteiger partial charge in [0.1, 0.15) is 0 Å². The summed E-state index contributed by atoms with van der Waals surface area (Å²) in [6.07, 6.45) is 3.32. The van der Waals surface area contributed by atoms with Crippen LogP contribution in [0.3, 0.4) is 0 Å². The number of nitrogens with one attached hydrogen (secondary N) is 2. The summed E-state index contributed by atoms with van der Waals surface area (Å²) in [5, 5.41) is 16.7. The van der Waals surface area contributed by atoms with Gasteiger partial charge in [0.2, 0.25) is 11.7 Å². The molecule has 2 aliphatic heterocycles. The second kappa shape index (κ2) is 4.92. The molecule has 2 N–H and O–H groups in total. The topological polar surface area (TPSA) is 92.8 Å². The van der Waals surface area contributed by atoms with Crippen LogP contribution < -0.4 is 5.32 Å². The zero-order valence-electron chi connectivity index (χ0n) is 11.3. The number of H-pyrrole nitrogens is 1. The van der Waals surface area contributed by atoms with Gasteiger partial charge in [0.05, 0.1) is 18.1 Å². The first-order valence-electron chi connectivity index (χ1n) is 7.10. The lowest BCUT2D eigenvalue weighted by Crippen LogP contribution is -2.30. The maximum absolute atomic E-state index is 12.3. The number of anilines is 1. The van der Waals surface area contributed by atoms with Crippen LogP contribution in [0.1, 0.15) is 19.3 Å². The number of hydrogen-bond donors (Lipinski definition) is 2. The van der Waals surface area contributed by atoms with Crippen LogP contribution in [0.4, 0.5) is 5.69 Å². The molecule has 2 saturated heterocycles. The molecule has 2 aliphatic rings. The number of carbonyl (C=O) groups excluding carboxylic acids is 1. The Hall–Kier alpha value is -2.28. The molecular formula is C14H15N5O2. The molecule has 4 rings (SSSR count). The minimum atomic E-state index is -0.0133. The fraction of sp³-hybridized carbons (Fsp3) is 0.429. The Bertz CT molecular complexity index is 640. The third kappa shape index (κ3) is 2.29. The van der Waals surface area contributed by atoms with Crippen LogP contribution in [0, 0.1) is 5.92 Å². The van der Waals surface area contributed by atoms with Gasteiger partial charge in [-0.3, -0.25) is 4.79 Å². The Morgan fingerprint density at radius 3 is 2.76 bits per heavy atom. The van der Waals surface area contributed by atoms with Gasteiger partial charge in [0.15, 0.2) is 0 Å². The number of hydrogen-bond acceptors (Lipinski definition) is 5. The first-order valence-corrected chi connectivity index (χ1v) is 7.10. The van der Waals surface area contributed by atoms with Gasteiger partial charge in [0.25, 0.3) is 0 Å². The van der Waals surface area contributed by atoms with Crippen molar-refractivity contribution in [3.05, 3.63) is 24.3 Å². The van der Waals surface area contributed by atoms with E-state index in [1.807, 2.05) is 24.3 Å². The van der Waals surface area contributed by atoms with Gasteiger partial charge in [0, 0.05) is 11.3 Å². The van der Waals surface area contributed by atoms with Crippen molar-refractivity contribution in [2.24, 2.45) is 5.92 Å². The summed E-state index contributed by atoms with van der Waals surface area (Å²) in [6.45, 7) is 0. The second-order valence-corrected chi connectivity index (χ2v) is 5.52. The highest BCUT2D eigenvalue weighted by molar-refractivity contribution is 5.93. The molecule has 0 spiro atoms. The lowest BCUT2D eigenvalue weighted by molar-refractivity contribution is -0.121. The van der Waals surface area contributed by atoms with Crippen molar-refractivity contribution in [1.29, 1.82) is 0 Å². The SMILES string of the molecule is O=C(Nc1ccc(-c2nn[nH]n2)cc1)[C@H]1C[C@H]2CC[C@H]1O2. The van der Waals surface area contributed by atoms with Gasteiger partial charge in [-0.25, -0.2) is 0 Å². The summed E-state index contributed by atoms with van der Waals surface area (Å²) in [5.74, 6) is 0.574. The molecule has 7 heteroatoms. The van der Waals surface area contributed by atoms with Crippen molar-refractivity contribution in [1.82, 2.24) is 20.6 Å². The number of ether oxygens (including phenoxy) is 1. The molecule has 21 heavy (non-hydrogen) atoms. The molecule has 1 aromatic heterocycles. The third-order valence-corrected chi connectivity index (χ3v) is 4.20. The molecular weight excluding hydrogens is 270 g/mol. The minimum absolute atomic E-state index is 0.0133. The summed E-state index contributed by atoms with van der Waals surface area (Å²) in [7, 11) is 0. The monoisotopic (exact) mass is 285 g/mol. The summed E-state index contributed by atoms with van der Waals surface area (Å²) < 4.78 is 5.72. The van der Waals surface area contributed by atoms with E-state index in [0.717, 1.165) is 30.5 Å². The van der Waals surface area contributed by atoms with E-state index in [9.17, 15) is 4.79 Å². The van der Waals surface area contributed by atoms with Crippen LogP contribution in [0.15, 0.2) is 24.3 Å². The van der Waals surface area contributed by atoms with E-state index in [2.05, 4.69) is 25.9 Å². The summed E-state index contributed by atoms with van der Waals surface area (Å²) in [6, 6.07) is 7.41. The Labute approximate surface area is 121 Å². The predicted octanol–water partition coefficient (Wildman–Crippen LogP) is 1.37. The third-order valence-electron chi connectivity index (χ3n) is 4.20. The number of amides is 1. The molecule has 108 valence electrons. The van der Waals surface area contributed by atoms with Crippen molar-refractivity contribution >= 4 is 11.6 Å². The molecule has 3 heterocycles. The maximum Gasteiger partial charge on any atom is 0.230 e. The predicted molar refractivity (Wildman–Crippen MR) is 74.2 cm³/mol. The van der Waals surface area contributed by atoms with Gasteiger partial charge in [-0.2, -0.15) is 5.21 Å². The highest BCUT2D eigenvalue weighted by atomic mass is 16.5. The fourth-order valence-corrected chi connectivity index (χ4v) is 3.14. The van der Waals surface area contributed by atoms with Gasteiger partial charge in [-0.1, -0.05) is 0 Å². The van der Waals surface area contributed by atoms with Crippen molar-refractivity contribution < 1.29 is 9.53 Å². The second-order valence-electron chi connectivity index (χ2n) is 5.52. The lowest BCUT2D eigenvalue weighted by Gasteiger charge is -2.17. The average molecular weight is 285 g/mol. The minimum Gasteiger partial charge on any atom is -0.374 e. The van der Waals surface area contributed by atoms with Crippen LogP contribution in [0.25, 0.3) is 11.4 Å². The van der Waals surface area contributed by atoms with E-state index in [1.165, 1.54) is 0 Å². The van der Waals surface area contributed by atoms with Crippen LogP contribution in [-0.4, -0.2) is 38.7 Å². The molecule has 0 aliphatic carbocycles. The van der Waals surface area contributed by atoms with Crippen molar-refractivity contribution in [2.75, 3.05) is 5.32 Å². The number of tetrazole rings is 1. The Morgan fingerprint density at radius 2 is 2.14 bits per heavy atom. The van der Waals surface area contributed by atoms with E-state index >= 15 is 0 Å². The smallest absolute Gasteiger partial charge is 0.230 e. The van der Waals surface area contributed by atoms with E-state index < -0.39 is 0 Å². The lowest BCUT2D eigenvalue weighted by atomic mass is 9.88. The van der Waals surface area contributed by atoms with Crippen LogP contribution in [0.5, 0.6) is 0 Å². The van der Waals surface area contributed by atoms with Gasteiger partial charge < -0.3 is 10.1 Å². The largest absolute Gasteiger partial charge is 0.374 e. The summed E-state index contributed by atoms with van der Waals surface area (Å²) >= 11 is 0. The zero-order valence-corrected chi connectivity index (χ0v) is 11.3. The normalized spacial score (nSPS) is 27.0. The maximum atomic E-state index is 12.3. The first-order chi connectivity index (χ1) is 10.3. The molecule has 2 bridgehead atoms. The number of benzene rings is 1. The number of aromatic amines is 1. The van der Waals surface area contributed by atoms with Crippen LogP contribution in [0.2, 0.25) is 0 Å². The Kier molecular flexibility index (Phi) is 2.92. The average Bonchev–Trinajstić information content (AvgIpc) is 3.25. The van der Waals surface area contributed by atoms with Crippen molar-refractivity contribution in [3.63, 3.8) is 0 Å². The van der Waals surface area contributed by atoms with Gasteiger partial charge in [-0.05, 0) is 48.7 Å². The molecule has 0 radical (unpaired) electrons. The number of aromatic nitrogens is 4. The molecule has 2 fully saturated rings. The van der Waals surface area contributed by atoms with Gasteiger partial charge >= 0.3 is 0 Å². The molecule has 7 nitrogen and oxygen atoms in total.